The second-order valence-corrected chi connectivity index (χ2v) is 7.57. The maximum Gasteiger partial charge on any atom is 0.228 e. The van der Waals surface area contributed by atoms with Crippen molar-refractivity contribution in [3.63, 3.8) is 0 Å². The lowest BCUT2D eigenvalue weighted by Gasteiger charge is -2.30. The predicted octanol–water partition coefficient (Wildman–Crippen LogP) is 2.10. The first-order chi connectivity index (χ1) is 10.8. The molecule has 0 bridgehead atoms. The topological polar surface area (TPSA) is 66.5 Å². The fourth-order valence-corrected chi connectivity index (χ4v) is 3.63. The quantitative estimate of drug-likeness (QED) is 0.846. The lowest BCUT2D eigenvalue weighted by Crippen LogP contribution is -2.44. The first-order valence-electron chi connectivity index (χ1n) is 7.18. The highest BCUT2D eigenvalue weighted by Crippen LogP contribution is 2.24. The molecule has 9 heteroatoms. The van der Waals surface area contributed by atoms with Crippen molar-refractivity contribution < 1.29 is 26.4 Å². The molecule has 1 amide bonds. The molecule has 1 aromatic rings. The Morgan fingerprint density at radius 2 is 2.00 bits per heavy atom. The number of carbonyl (C=O) groups is 1. The summed E-state index contributed by atoms with van der Waals surface area (Å²) < 4.78 is 64.6. The van der Waals surface area contributed by atoms with Crippen molar-refractivity contribution >= 4 is 21.6 Å². The maximum atomic E-state index is 13.6. The van der Waals surface area contributed by atoms with E-state index in [1.54, 1.807) is 0 Å². The van der Waals surface area contributed by atoms with E-state index in [-0.39, 0.29) is 12.3 Å². The van der Waals surface area contributed by atoms with Gasteiger partial charge in [0.2, 0.25) is 15.9 Å². The number of nitrogens with one attached hydrogen (secondary N) is 1. The van der Waals surface area contributed by atoms with Crippen molar-refractivity contribution in [3.8, 4) is 0 Å². The summed E-state index contributed by atoms with van der Waals surface area (Å²) in [6, 6.07) is 1.64. The Balaban J connectivity index is 2.11. The average molecular weight is 350 g/mol. The molecule has 5 nitrogen and oxygen atoms in total. The van der Waals surface area contributed by atoms with Crippen molar-refractivity contribution in [2.24, 2.45) is 5.92 Å². The van der Waals surface area contributed by atoms with E-state index in [0.29, 0.717) is 25.5 Å². The van der Waals surface area contributed by atoms with E-state index in [1.165, 1.54) is 11.2 Å². The van der Waals surface area contributed by atoms with Crippen LogP contribution in [0.15, 0.2) is 12.1 Å². The molecule has 0 aliphatic carbocycles. The van der Waals surface area contributed by atoms with Crippen LogP contribution in [0.5, 0.6) is 0 Å². The normalized spacial score (nSPS) is 19.6. The summed E-state index contributed by atoms with van der Waals surface area (Å²) in [4.78, 5) is 12.2. The molecule has 1 aliphatic rings. The van der Waals surface area contributed by atoms with Crippen molar-refractivity contribution in [1.29, 1.82) is 0 Å². The molecule has 1 heterocycles. The fraction of sp³-hybridized carbons (Fsp3) is 0.500. The second kappa shape index (κ2) is 6.88. The predicted molar refractivity (Wildman–Crippen MR) is 78.7 cm³/mol. The largest absolute Gasteiger partial charge is 0.323 e. The van der Waals surface area contributed by atoms with Crippen LogP contribution in [0.3, 0.4) is 0 Å². The molecule has 128 valence electrons. The first-order valence-corrected chi connectivity index (χ1v) is 8.79. The summed E-state index contributed by atoms with van der Waals surface area (Å²) in [7, 11) is -3.41. The smallest absolute Gasteiger partial charge is 0.228 e. The van der Waals surface area contributed by atoms with Crippen molar-refractivity contribution in [2.45, 2.75) is 19.8 Å². The number of carbonyl (C=O) groups excluding carboxylic acids is 1. The first kappa shape index (κ1) is 17.7. The Morgan fingerprint density at radius 3 is 2.65 bits per heavy atom. The van der Waals surface area contributed by atoms with Gasteiger partial charge in [-0.15, -0.1) is 0 Å². The van der Waals surface area contributed by atoms with E-state index < -0.39 is 45.0 Å². The third-order valence-corrected chi connectivity index (χ3v) is 5.65. The van der Waals surface area contributed by atoms with E-state index in [2.05, 4.69) is 5.32 Å². The monoisotopic (exact) mass is 350 g/mol. The number of sulfonamides is 1. The molecule has 0 aromatic heterocycles. The molecule has 23 heavy (non-hydrogen) atoms. The number of piperidine rings is 1. The molecule has 1 aliphatic heterocycles. The van der Waals surface area contributed by atoms with E-state index in [9.17, 15) is 26.4 Å². The number of benzene rings is 1. The van der Waals surface area contributed by atoms with Crippen LogP contribution in [-0.4, -0.2) is 37.5 Å². The highest BCUT2D eigenvalue weighted by molar-refractivity contribution is 7.89. The van der Waals surface area contributed by atoms with Gasteiger partial charge in [0.15, 0.2) is 17.5 Å². The molecular formula is C14H17F3N2O3S. The van der Waals surface area contributed by atoms with E-state index >= 15 is 0 Å². The molecule has 1 aromatic carbocycles. The zero-order chi connectivity index (χ0) is 17.2. The lowest BCUT2D eigenvalue weighted by atomic mass is 9.98. The molecule has 1 atom stereocenters. The number of amides is 1. The number of nitrogens with zero attached hydrogens (tertiary/aromatic N) is 1. The Morgan fingerprint density at radius 1 is 1.30 bits per heavy atom. The molecule has 1 N–H and O–H groups in total. The van der Waals surface area contributed by atoms with Crippen LogP contribution in [0.1, 0.15) is 19.8 Å². The molecular weight excluding hydrogens is 333 g/mol. The Kier molecular flexibility index (Phi) is 5.30. The van der Waals surface area contributed by atoms with Gasteiger partial charge in [-0.2, -0.15) is 0 Å². The minimum atomic E-state index is -3.41. The Labute approximate surface area is 132 Å². The molecule has 0 spiro atoms. The van der Waals surface area contributed by atoms with Gasteiger partial charge in [0.05, 0.1) is 17.4 Å². The maximum absolute atomic E-state index is 13.6. The van der Waals surface area contributed by atoms with Gasteiger partial charge in [-0.25, -0.2) is 25.9 Å². The number of hydrogen-bond acceptors (Lipinski definition) is 3. The van der Waals surface area contributed by atoms with Gasteiger partial charge in [0.1, 0.15) is 0 Å². The van der Waals surface area contributed by atoms with Gasteiger partial charge in [-0.05, 0) is 31.9 Å². The minimum absolute atomic E-state index is 0.00664. The SMILES string of the molecule is CCS(=O)(=O)N1CCC[C@H](C(=O)Nc2ccc(F)c(F)c2F)C1. The van der Waals surface area contributed by atoms with Gasteiger partial charge in [-0.3, -0.25) is 4.79 Å². The van der Waals surface area contributed by atoms with Crippen LogP contribution in [-0.2, 0) is 14.8 Å². The second-order valence-electron chi connectivity index (χ2n) is 5.31. The number of anilines is 1. The molecule has 1 fully saturated rings. The van der Waals surface area contributed by atoms with Gasteiger partial charge in [0, 0.05) is 13.1 Å². The lowest BCUT2D eigenvalue weighted by molar-refractivity contribution is -0.120. The van der Waals surface area contributed by atoms with Gasteiger partial charge < -0.3 is 5.32 Å². The number of hydrogen-bond donors (Lipinski definition) is 1. The van der Waals surface area contributed by atoms with Crippen molar-refractivity contribution in [2.75, 3.05) is 24.2 Å². The van der Waals surface area contributed by atoms with Crippen molar-refractivity contribution in [3.05, 3.63) is 29.6 Å². The average Bonchev–Trinajstić information content (AvgIpc) is 2.55. The summed E-state index contributed by atoms with van der Waals surface area (Å²) in [6.07, 6.45) is 0.935. The van der Waals surface area contributed by atoms with Crippen LogP contribution >= 0.6 is 0 Å². The number of halogens is 3. The summed E-state index contributed by atoms with van der Waals surface area (Å²) in [6.45, 7) is 1.84. The standard InChI is InChI=1S/C14H17F3N2O3S/c1-2-23(21,22)19-7-3-4-9(8-19)14(20)18-11-6-5-10(15)12(16)13(11)17/h5-6,9H,2-4,7-8H2,1H3,(H,18,20)/t9-/m0/s1. The summed E-state index contributed by atoms with van der Waals surface area (Å²) in [5.74, 6) is -5.85. The highest BCUT2D eigenvalue weighted by atomic mass is 32.2. The highest BCUT2D eigenvalue weighted by Gasteiger charge is 2.31. The summed E-state index contributed by atoms with van der Waals surface area (Å²) in [5, 5.41) is 2.20. The minimum Gasteiger partial charge on any atom is -0.323 e. The zero-order valence-electron chi connectivity index (χ0n) is 12.5. The van der Waals surface area contributed by atoms with E-state index in [1.807, 2.05) is 0 Å². The third-order valence-electron chi connectivity index (χ3n) is 3.81. The van der Waals surface area contributed by atoms with Crippen LogP contribution in [0, 0.1) is 23.4 Å². The van der Waals surface area contributed by atoms with Crippen LogP contribution in [0.2, 0.25) is 0 Å². The van der Waals surface area contributed by atoms with Crippen molar-refractivity contribution in [1.82, 2.24) is 4.31 Å². The van der Waals surface area contributed by atoms with Gasteiger partial charge in [-0.1, -0.05) is 0 Å². The van der Waals surface area contributed by atoms with Crippen LogP contribution in [0.25, 0.3) is 0 Å². The number of rotatable bonds is 4. The van der Waals surface area contributed by atoms with Crippen LogP contribution < -0.4 is 5.32 Å². The van der Waals surface area contributed by atoms with E-state index in [4.69, 9.17) is 0 Å². The molecule has 0 unspecified atom stereocenters. The Hall–Kier alpha value is -1.61. The third kappa shape index (κ3) is 3.84. The van der Waals surface area contributed by atoms with E-state index in [0.717, 1.165) is 6.07 Å². The zero-order valence-corrected chi connectivity index (χ0v) is 13.3. The summed E-state index contributed by atoms with van der Waals surface area (Å²) in [5.41, 5.74) is -0.468. The summed E-state index contributed by atoms with van der Waals surface area (Å²) >= 11 is 0. The van der Waals surface area contributed by atoms with Gasteiger partial charge in [0.25, 0.3) is 0 Å². The molecule has 2 rings (SSSR count). The Bertz CT molecular complexity index is 709. The molecule has 0 radical (unpaired) electrons. The molecule has 0 saturated carbocycles. The fourth-order valence-electron chi connectivity index (χ4n) is 2.45. The molecule has 1 saturated heterocycles. The van der Waals surface area contributed by atoms with Gasteiger partial charge >= 0.3 is 0 Å². The van der Waals surface area contributed by atoms with Crippen LogP contribution in [0.4, 0.5) is 18.9 Å².